The highest BCUT2D eigenvalue weighted by Gasteiger charge is 2.43. The van der Waals surface area contributed by atoms with E-state index in [1.807, 2.05) is 6.07 Å². The molecule has 1 amide bonds. The number of non-ortho nitro benzene ring substituents is 1. The molecule has 3 rings (SSSR count). The maximum absolute atomic E-state index is 13.2. The van der Waals surface area contributed by atoms with Gasteiger partial charge < -0.3 is 10.1 Å². The Kier molecular flexibility index (Phi) is 5.59. The molecule has 8 heteroatoms. The van der Waals surface area contributed by atoms with E-state index in [-0.39, 0.29) is 22.9 Å². The highest BCUT2D eigenvalue weighted by molar-refractivity contribution is 6.00. The van der Waals surface area contributed by atoms with Gasteiger partial charge in [-0.25, -0.2) is 0 Å². The van der Waals surface area contributed by atoms with Gasteiger partial charge in [0.2, 0.25) is 5.91 Å². The predicted molar refractivity (Wildman–Crippen MR) is 104 cm³/mol. The predicted octanol–water partition coefficient (Wildman–Crippen LogP) is 3.84. The van der Waals surface area contributed by atoms with Crippen LogP contribution in [0.15, 0.2) is 42.5 Å². The third-order valence-electron chi connectivity index (χ3n) is 5.14. The number of amides is 1. The molecule has 0 unspecified atom stereocenters. The molecule has 0 saturated heterocycles. The van der Waals surface area contributed by atoms with Crippen molar-refractivity contribution in [1.82, 2.24) is 0 Å². The second kappa shape index (κ2) is 8.10. The Balaban J connectivity index is 1.90. The molecule has 0 heterocycles. The van der Waals surface area contributed by atoms with Crippen molar-refractivity contribution in [3.05, 3.63) is 63.7 Å². The van der Waals surface area contributed by atoms with Crippen molar-refractivity contribution in [2.75, 3.05) is 5.32 Å². The zero-order valence-corrected chi connectivity index (χ0v) is 15.8. The number of ether oxygens (including phenoxy) is 1. The van der Waals surface area contributed by atoms with E-state index >= 15 is 0 Å². The summed E-state index contributed by atoms with van der Waals surface area (Å²) in [4.78, 5) is 34.8. The van der Waals surface area contributed by atoms with Crippen molar-refractivity contribution in [2.24, 2.45) is 0 Å². The summed E-state index contributed by atoms with van der Waals surface area (Å²) in [5.74, 6) is -0.549. The number of nitrogens with one attached hydrogen (secondary N) is 1. The van der Waals surface area contributed by atoms with E-state index in [4.69, 9.17) is 4.74 Å². The lowest BCUT2D eigenvalue weighted by Crippen LogP contribution is -2.38. The number of nitrogens with zero attached hydrogens (tertiary/aromatic N) is 2. The quantitative estimate of drug-likeness (QED) is 0.356. The van der Waals surface area contributed by atoms with Gasteiger partial charge >= 0.3 is 5.97 Å². The maximum atomic E-state index is 13.2. The van der Waals surface area contributed by atoms with Crippen LogP contribution in [0.1, 0.15) is 43.7 Å². The van der Waals surface area contributed by atoms with Crippen LogP contribution in [-0.2, 0) is 15.0 Å². The summed E-state index contributed by atoms with van der Waals surface area (Å²) in [6.45, 7) is 1.26. The number of carbonyl (C=O) groups is 2. The fraction of sp³-hybridized carbons (Fsp3) is 0.286. The number of nitro groups is 1. The van der Waals surface area contributed by atoms with Crippen molar-refractivity contribution >= 4 is 23.3 Å². The molecule has 2 aromatic carbocycles. The lowest BCUT2D eigenvalue weighted by Gasteiger charge is -2.28. The first-order chi connectivity index (χ1) is 13.9. The second-order valence-corrected chi connectivity index (χ2v) is 6.96. The first kappa shape index (κ1) is 20.0. The number of anilines is 1. The molecule has 2 aromatic rings. The molecule has 0 bridgehead atoms. The molecule has 1 aliphatic rings. The Morgan fingerprint density at radius 1 is 1.17 bits per heavy atom. The van der Waals surface area contributed by atoms with Gasteiger partial charge in [-0.15, -0.1) is 0 Å². The van der Waals surface area contributed by atoms with Crippen molar-refractivity contribution in [2.45, 2.75) is 38.0 Å². The summed E-state index contributed by atoms with van der Waals surface area (Å²) in [5.41, 5.74) is 0.370. The van der Waals surface area contributed by atoms with E-state index in [9.17, 15) is 25.0 Å². The molecule has 0 radical (unpaired) electrons. The third kappa shape index (κ3) is 4.09. The lowest BCUT2D eigenvalue weighted by atomic mass is 9.78. The van der Waals surface area contributed by atoms with Gasteiger partial charge in [0.05, 0.1) is 21.6 Å². The van der Waals surface area contributed by atoms with Crippen LogP contribution in [0.3, 0.4) is 0 Å². The van der Waals surface area contributed by atoms with Crippen molar-refractivity contribution in [3.8, 4) is 11.8 Å². The molecule has 1 aliphatic carbocycles. The zero-order valence-electron chi connectivity index (χ0n) is 15.8. The zero-order chi connectivity index (χ0) is 21.0. The van der Waals surface area contributed by atoms with Crippen LogP contribution in [0.2, 0.25) is 0 Å². The molecule has 0 atom stereocenters. The average Bonchev–Trinajstić information content (AvgIpc) is 3.20. The monoisotopic (exact) mass is 393 g/mol. The van der Waals surface area contributed by atoms with Crippen LogP contribution in [-0.4, -0.2) is 16.8 Å². The highest BCUT2D eigenvalue weighted by atomic mass is 16.6. The molecule has 1 fully saturated rings. The van der Waals surface area contributed by atoms with E-state index < -0.39 is 16.3 Å². The van der Waals surface area contributed by atoms with Crippen LogP contribution in [0.4, 0.5) is 11.4 Å². The van der Waals surface area contributed by atoms with Crippen molar-refractivity contribution in [1.29, 1.82) is 5.26 Å². The van der Waals surface area contributed by atoms with Gasteiger partial charge in [0, 0.05) is 25.1 Å². The fourth-order valence-corrected chi connectivity index (χ4v) is 3.72. The highest BCUT2D eigenvalue weighted by Crippen LogP contribution is 2.42. The largest absolute Gasteiger partial charge is 0.427 e. The third-order valence-corrected chi connectivity index (χ3v) is 5.14. The van der Waals surface area contributed by atoms with Crippen molar-refractivity contribution < 1.29 is 19.2 Å². The normalized spacial score (nSPS) is 14.6. The topological polar surface area (TPSA) is 122 Å². The minimum absolute atomic E-state index is 0.0323. The summed E-state index contributed by atoms with van der Waals surface area (Å²) in [6, 6.07) is 12.5. The van der Waals surface area contributed by atoms with E-state index in [1.54, 1.807) is 12.1 Å². The molecular formula is C21H19N3O5. The number of rotatable bonds is 5. The number of hydrogen-bond acceptors (Lipinski definition) is 6. The van der Waals surface area contributed by atoms with Gasteiger partial charge in [0.15, 0.2) is 0 Å². The number of nitriles is 1. The van der Waals surface area contributed by atoms with Crippen LogP contribution < -0.4 is 10.1 Å². The Morgan fingerprint density at radius 3 is 2.38 bits per heavy atom. The van der Waals surface area contributed by atoms with E-state index in [0.29, 0.717) is 24.1 Å². The standard InChI is InChI=1S/C21H19N3O5/c1-14(25)29-18-8-9-19(15(12-18)13-22)23-20(26)21(10-2-3-11-21)16-4-6-17(7-5-16)24(27)28/h4-9,12H,2-3,10-11H2,1H3,(H,23,26). The summed E-state index contributed by atoms with van der Waals surface area (Å²) in [6.07, 6.45) is 2.95. The number of esters is 1. The van der Waals surface area contributed by atoms with Crippen LogP contribution in [0.5, 0.6) is 5.75 Å². The Hall–Kier alpha value is -3.73. The second-order valence-electron chi connectivity index (χ2n) is 6.96. The van der Waals surface area contributed by atoms with Crippen LogP contribution >= 0.6 is 0 Å². The summed E-state index contributed by atoms with van der Waals surface area (Å²) in [7, 11) is 0. The molecule has 0 spiro atoms. The molecule has 0 aromatic heterocycles. The average molecular weight is 393 g/mol. The van der Waals surface area contributed by atoms with Gasteiger partial charge in [-0.1, -0.05) is 25.0 Å². The molecule has 0 aliphatic heterocycles. The molecule has 29 heavy (non-hydrogen) atoms. The SMILES string of the molecule is CC(=O)Oc1ccc(NC(=O)C2(c3ccc([N+](=O)[O-])cc3)CCCC2)c(C#N)c1. The molecular weight excluding hydrogens is 374 g/mol. The van der Waals surface area contributed by atoms with Gasteiger partial charge in [-0.2, -0.15) is 5.26 Å². The first-order valence-corrected chi connectivity index (χ1v) is 9.15. The Morgan fingerprint density at radius 2 is 1.83 bits per heavy atom. The van der Waals surface area contributed by atoms with Gasteiger partial charge in [0.1, 0.15) is 11.8 Å². The van der Waals surface area contributed by atoms with E-state index in [2.05, 4.69) is 5.32 Å². The number of carbonyl (C=O) groups excluding carboxylic acids is 2. The van der Waals surface area contributed by atoms with E-state index in [1.165, 1.54) is 37.3 Å². The lowest BCUT2D eigenvalue weighted by molar-refractivity contribution is -0.384. The molecule has 8 nitrogen and oxygen atoms in total. The van der Waals surface area contributed by atoms with Gasteiger partial charge in [0.25, 0.3) is 5.69 Å². The van der Waals surface area contributed by atoms with E-state index in [0.717, 1.165) is 12.8 Å². The number of benzene rings is 2. The minimum atomic E-state index is -0.809. The maximum Gasteiger partial charge on any atom is 0.308 e. The fourth-order valence-electron chi connectivity index (χ4n) is 3.72. The summed E-state index contributed by atoms with van der Waals surface area (Å²) < 4.78 is 4.98. The first-order valence-electron chi connectivity index (χ1n) is 9.15. The Labute approximate surface area is 167 Å². The van der Waals surface area contributed by atoms with Gasteiger partial charge in [-0.05, 0) is 30.5 Å². The van der Waals surface area contributed by atoms with Crippen molar-refractivity contribution in [3.63, 3.8) is 0 Å². The minimum Gasteiger partial charge on any atom is -0.427 e. The molecule has 148 valence electrons. The summed E-state index contributed by atoms with van der Waals surface area (Å²) >= 11 is 0. The number of hydrogen-bond donors (Lipinski definition) is 1. The molecule has 1 N–H and O–H groups in total. The van der Waals surface area contributed by atoms with Crippen LogP contribution in [0, 0.1) is 21.4 Å². The molecule has 1 saturated carbocycles. The van der Waals surface area contributed by atoms with Crippen LogP contribution in [0.25, 0.3) is 0 Å². The summed E-state index contributed by atoms with van der Waals surface area (Å²) in [5, 5.41) is 23.2. The smallest absolute Gasteiger partial charge is 0.308 e. The number of nitro benzene ring substituents is 1. The van der Waals surface area contributed by atoms with Gasteiger partial charge in [-0.3, -0.25) is 19.7 Å². The Bertz CT molecular complexity index is 1000.